The SMILES string of the molecule is Nc1ccccc1N(CCN1CCOCC1)CC(=O)O. The van der Waals surface area contributed by atoms with Crippen LogP contribution in [0.3, 0.4) is 0 Å². The van der Waals surface area contributed by atoms with Crippen molar-refractivity contribution in [3.63, 3.8) is 0 Å². The molecule has 1 saturated heterocycles. The van der Waals surface area contributed by atoms with Gasteiger partial charge in [-0.2, -0.15) is 0 Å². The quantitative estimate of drug-likeness (QED) is 0.738. The fourth-order valence-corrected chi connectivity index (χ4v) is 2.31. The molecule has 0 aliphatic carbocycles. The highest BCUT2D eigenvalue weighted by Gasteiger charge is 2.16. The molecule has 6 nitrogen and oxygen atoms in total. The Bertz CT molecular complexity index is 447. The predicted octanol–water partition coefficient (Wildman–Crippen LogP) is 0.492. The fourth-order valence-electron chi connectivity index (χ4n) is 2.31. The zero-order valence-electron chi connectivity index (χ0n) is 11.5. The summed E-state index contributed by atoms with van der Waals surface area (Å²) >= 11 is 0. The van der Waals surface area contributed by atoms with Crippen molar-refractivity contribution in [3.8, 4) is 0 Å². The number of benzene rings is 1. The Morgan fingerprint density at radius 2 is 2.05 bits per heavy atom. The molecule has 0 radical (unpaired) electrons. The zero-order chi connectivity index (χ0) is 14.4. The van der Waals surface area contributed by atoms with Gasteiger partial charge in [0.05, 0.1) is 24.6 Å². The van der Waals surface area contributed by atoms with Crippen molar-refractivity contribution in [1.29, 1.82) is 0 Å². The highest BCUT2D eigenvalue weighted by atomic mass is 16.5. The molecule has 0 amide bonds. The number of hydrogen-bond acceptors (Lipinski definition) is 5. The van der Waals surface area contributed by atoms with Crippen molar-refractivity contribution in [2.24, 2.45) is 0 Å². The topological polar surface area (TPSA) is 79.0 Å². The first-order valence-corrected chi connectivity index (χ1v) is 6.78. The average molecular weight is 279 g/mol. The number of carboxylic acid groups (broad SMARTS) is 1. The second-order valence-electron chi connectivity index (χ2n) is 4.83. The molecule has 1 fully saturated rings. The average Bonchev–Trinajstić information content (AvgIpc) is 2.45. The number of hydrogen-bond donors (Lipinski definition) is 2. The van der Waals surface area contributed by atoms with Crippen LogP contribution in [0, 0.1) is 0 Å². The predicted molar refractivity (Wildman–Crippen MR) is 78.0 cm³/mol. The molecule has 1 heterocycles. The molecule has 0 saturated carbocycles. The summed E-state index contributed by atoms with van der Waals surface area (Å²) in [5.41, 5.74) is 7.33. The number of nitrogens with two attached hydrogens (primary N) is 1. The number of aliphatic carboxylic acids is 1. The standard InChI is InChI=1S/C14H21N3O3/c15-12-3-1-2-4-13(12)17(11-14(18)19)6-5-16-7-9-20-10-8-16/h1-4H,5-11,15H2,(H,18,19). The molecule has 6 heteroatoms. The van der Waals surface area contributed by atoms with Crippen molar-refractivity contribution in [3.05, 3.63) is 24.3 Å². The van der Waals surface area contributed by atoms with Crippen molar-refractivity contribution in [2.75, 3.05) is 56.6 Å². The summed E-state index contributed by atoms with van der Waals surface area (Å²) in [6.07, 6.45) is 0. The Hall–Kier alpha value is -1.79. The molecule has 3 N–H and O–H groups in total. The Balaban J connectivity index is 2.00. The van der Waals surface area contributed by atoms with Crippen LogP contribution >= 0.6 is 0 Å². The molecule has 0 unspecified atom stereocenters. The number of ether oxygens (including phenoxy) is 1. The summed E-state index contributed by atoms with van der Waals surface area (Å²) in [6, 6.07) is 7.37. The van der Waals surface area contributed by atoms with Crippen LogP contribution in [0.4, 0.5) is 11.4 Å². The van der Waals surface area contributed by atoms with Crippen LogP contribution in [0.2, 0.25) is 0 Å². The molecule has 0 atom stereocenters. The maximum absolute atomic E-state index is 11.0. The molecule has 1 aromatic carbocycles. The molecule has 0 aromatic heterocycles. The molecule has 1 aliphatic heterocycles. The molecule has 0 bridgehead atoms. The highest BCUT2D eigenvalue weighted by Crippen LogP contribution is 2.22. The third kappa shape index (κ3) is 4.11. The second kappa shape index (κ2) is 7.12. The minimum atomic E-state index is -0.852. The lowest BCUT2D eigenvalue weighted by Gasteiger charge is -2.30. The highest BCUT2D eigenvalue weighted by molar-refractivity contribution is 5.77. The van der Waals surface area contributed by atoms with E-state index in [2.05, 4.69) is 4.90 Å². The van der Waals surface area contributed by atoms with Gasteiger partial charge < -0.3 is 20.5 Å². The number of nitrogens with zero attached hydrogens (tertiary/aromatic N) is 2. The molecular formula is C14H21N3O3. The van der Waals surface area contributed by atoms with E-state index in [0.717, 1.165) is 38.5 Å². The van der Waals surface area contributed by atoms with Gasteiger partial charge in [0, 0.05) is 26.2 Å². The number of nitrogen functional groups attached to an aromatic ring is 1. The van der Waals surface area contributed by atoms with Gasteiger partial charge in [0.1, 0.15) is 6.54 Å². The Morgan fingerprint density at radius 1 is 1.35 bits per heavy atom. The maximum Gasteiger partial charge on any atom is 0.323 e. The van der Waals surface area contributed by atoms with Gasteiger partial charge in [-0.25, -0.2) is 0 Å². The normalized spacial score (nSPS) is 16.0. The van der Waals surface area contributed by atoms with E-state index < -0.39 is 5.97 Å². The van der Waals surface area contributed by atoms with E-state index in [1.54, 1.807) is 6.07 Å². The second-order valence-corrected chi connectivity index (χ2v) is 4.83. The van der Waals surface area contributed by atoms with E-state index in [0.29, 0.717) is 12.2 Å². The summed E-state index contributed by atoms with van der Waals surface area (Å²) in [4.78, 5) is 15.1. The molecule has 0 spiro atoms. The van der Waals surface area contributed by atoms with Gasteiger partial charge in [-0.3, -0.25) is 9.69 Å². The molecular weight excluding hydrogens is 258 g/mol. The van der Waals surface area contributed by atoms with E-state index in [4.69, 9.17) is 15.6 Å². The van der Waals surface area contributed by atoms with Crippen LogP contribution in [0.25, 0.3) is 0 Å². The van der Waals surface area contributed by atoms with Crippen LogP contribution in [0.5, 0.6) is 0 Å². The van der Waals surface area contributed by atoms with Crippen LogP contribution in [0.15, 0.2) is 24.3 Å². The summed E-state index contributed by atoms with van der Waals surface area (Å²) in [5, 5.41) is 9.06. The van der Waals surface area contributed by atoms with Crippen molar-refractivity contribution in [1.82, 2.24) is 4.90 Å². The number of carbonyl (C=O) groups is 1. The van der Waals surface area contributed by atoms with E-state index in [9.17, 15) is 4.79 Å². The smallest absolute Gasteiger partial charge is 0.323 e. The summed E-state index contributed by atoms with van der Waals surface area (Å²) < 4.78 is 5.31. The maximum atomic E-state index is 11.0. The minimum Gasteiger partial charge on any atom is -0.480 e. The third-order valence-corrected chi connectivity index (χ3v) is 3.39. The number of morpholine rings is 1. The van der Waals surface area contributed by atoms with Gasteiger partial charge in [-0.1, -0.05) is 12.1 Å². The van der Waals surface area contributed by atoms with Crippen LogP contribution in [-0.4, -0.2) is 61.9 Å². The minimum absolute atomic E-state index is 0.0431. The first-order valence-electron chi connectivity index (χ1n) is 6.78. The first-order chi connectivity index (χ1) is 9.66. The van der Waals surface area contributed by atoms with Crippen LogP contribution in [0.1, 0.15) is 0 Å². The van der Waals surface area contributed by atoms with Crippen molar-refractivity contribution in [2.45, 2.75) is 0 Å². The van der Waals surface area contributed by atoms with Crippen LogP contribution < -0.4 is 10.6 Å². The lowest BCUT2D eigenvalue weighted by atomic mass is 10.2. The zero-order valence-corrected chi connectivity index (χ0v) is 11.5. The van der Waals surface area contributed by atoms with E-state index in [1.165, 1.54) is 0 Å². The van der Waals surface area contributed by atoms with E-state index in [1.807, 2.05) is 23.1 Å². The number of carboxylic acids is 1. The summed E-state index contributed by atoms with van der Waals surface area (Å²) in [7, 11) is 0. The van der Waals surface area contributed by atoms with Gasteiger partial charge in [0.2, 0.25) is 0 Å². The number of para-hydroxylation sites is 2. The molecule has 1 aromatic rings. The summed E-state index contributed by atoms with van der Waals surface area (Å²) in [6.45, 7) is 4.68. The van der Waals surface area contributed by atoms with E-state index in [-0.39, 0.29) is 6.54 Å². The Labute approximate surface area is 118 Å². The van der Waals surface area contributed by atoms with Crippen LogP contribution in [-0.2, 0) is 9.53 Å². The van der Waals surface area contributed by atoms with Gasteiger partial charge in [0.15, 0.2) is 0 Å². The molecule has 20 heavy (non-hydrogen) atoms. The monoisotopic (exact) mass is 279 g/mol. The van der Waals surface area contributed by atoms with Gasteiger partial charge in [-0.15, -0.1) is 0 Å². The number of rotatable bonds is 6. The van der Waals surface area contributed by atoms with Crippen molar-refractivity contribution >= 4 is 17.3 Å². The third-order valence-electron chi connectivity index (χ3n) is 3.39. The number of anilines is 2. The summed E-state index contributed by atoms with van der Waals surface area (Å²) in [5.74, 6) is -0.852. The fraction of sp³-hybridized carbons (Fsp3) is 0.500. The Kier molecular flexibility index (Phi) is 5.20. The molecule has 110 valence electrons. The van der Waals surface area contributed by atoms with E-state index >= 15 is 0 Å². The van der Waals surface area contributed by atoms with Gasteiger partial charge >= 0.3 is 5.97 Å². The van der Waals surface area contributed by atoms with Gasteiger partial charge in [-0.05, 0) is 12.1 Å². The lowest BCUT2D eigenvalue weighted by Crippen LogP contribution is -2.42. The van der Waals surface area contributed by atoms with Gasteiger partial charge in [0.25, 0.3) is 0 Å². The first kappa shape index (κ1) is 14.6. The largest absolute Gasteiger partial charge is 0.480 e. The molecule has 1 aliphatic rings. The van der Waals surface area contributed by atoms with Crippen molar-refractivity contribution < 1.29 is 14.6 Å². The Morgan fingerprint density at radius 3 is 2.70 bits per heavy atom. The molecule has 2 rings (SSSR count). The lowest BCUT2D eigenvalue weighted by molar-refractivity contribution is -0.135.